The number of hydrogen-bond acceptors (Lipinski definition) is 1. The first kappa shape index (κ1) is 17.4. The molecular weight excluding hydrogens is 402 g/mol. The van der Waals surface area contributed by atoms with Crippen molar-refractivity contribution in [2.75, 3.05) is 6.54 Å². The van der Waals surface area contributed by atoms with Crippen LogP contribution in [-0.2, 0) is 37.5 Å². The molecule has 2 nitrogen and oxygen atoms in total. The minimum atomic E-state index is -0.482. The number of hydrogen-bond donors (Lipinski definition) is 0. The normalized spacial score (nSPS) is 18.9. The van der Waals surface area contributed by atoms with Crippen molar-refractivity contribution in [1.82, 2.24) is 4.90 Å². The summed E-state index contributed by atoms with van der Waals surface area (Å²) in [5.74, 6) is -0.0322. The fourth-order valence-corrected chi connectivity index (χ4v) is 2.77. The van der Waals surface area contributed by atoms with Crippen LogP contribution in [0.2, 0.25) is 0 Å². The molecule has 1 atom stereocenters. The van der Waals surface area contributed by atoms with Crippen molar-refractivity contribution >= 4 is 39.1 Å². The largest absolute Gasteiger partial charge is 0.346 e. The van der Waals surface area contributed by atoms with Gasteiger partial charge in [0.15, 0.2) is 0 Å². The van der Waals surface area contributed by atoms with E-state index in [1.165, 1.54) is 0 Å². The van der Waals surface area contributed by atoms with Gasteiger partial charge in [0.2, 0.25) is 5.91 Å². The van der Waals surface area contributed by atoms with E-state index in [4.69, 9.17) is 11.6 Å². The molecule has 0 saturated heterocycles. The summed E-state index contributed by atoms with van der Waals surface area (Å²) in [6.07, 6.45) is 3.73. The zero-order valence-electron chi connectivity index (χ0n) is 10.9. The zero-order valence-corrected chi connectivity index (χ0v) is 16.1. The third kappa shape index (κ3) is 3.69. The first-order valence-electron chi connectivity index (χ1n) is 5.87. The van der Waals surface area contributed by atoms with Crippen LogP contribution in [0.3, 0.4) is 0 Å². The van der Waals surface area contributed by atoms with E-state index in [-0.39, 0.29) is 38.6 Å². The molecule has 0 spiro atoms. The van der Waals surface area contributed by atoms with Gasteiger partial charge in [0.05, 0.1) is 0 Å². The second kappa shape index (κ2) is 7.35. The number of allylic oxidation sites excluding steroid dienone is 1. The predicted molar refractivity (Wildman–Crippen MR) is 77.2 cm³/mol. The summed E-state index contributed by atoms with van der Waals surface area (Å²) in [4.78, 5) is 13.7. The minimum absolute atomic E-state index is 0. The number of amides is 1. The van der Waals surface area contributed by atoms with Crippen molar-refractivity contribution in [3.63, 3.8) is 0 Å². The number of carbonyl (C=O) groups excluding carboxylic acids is 1. The van der Waals surface area contributed by atoms with Crippen molar-refractivity contribution < 1.29 is 37.5 Å². The van der Waals surface area contributed by atoms with Gasteiger partial charge in [-0.05, 0) is 6.92 Å². The van der Waals surface area contributed by atoms with E-state index in [2.05, 4.69) is 22.0 Å². The Hall–Kier alpha value is 0.304. The number of halogens is 2. The fourth-order valence-electron chi connectivity index (χ4n) is 2.10. The van der Waals surface area contributed by atoms with Crippen LogP contribution >= 0.6 is 27.5 Å². The minimum Gasteiger partial charge on any atom is -0.346 e. The van der Waals surface area contributed by atoms with Crippen LogP contribution in [0.4, 0.5) is 0 Å². The van der Waals surface area contributed by atoms with Crippen LogP contribution in [0, 0.1) is 13.0 Å². The number of nitrogens with zero attached hydrogens (tertiary/aromatic N) is 1. The molecule has 1 aromatic carbocycles. The fraction of sp³-hybridized carbons (Fsp3) is 0.357. The molecule has 0 bridgehead atoms. The molecule has 0 aromatic heterocycles. The molecule has 99 valence electrons. The molecule has 1 amide bonds. The molecule has 1 unspecified atom stereocenters. The van der Waals surface area contributed by atoms with Crippen molar-refractivity contribution in [1.29, 1.82) is 0 Å². The van der Waals surface area contributed by atoms with Gasteiger partial charge in [-0.2, -0.15) is 0 Å². The Kier molecular flexibility index (Phi) is 6.72. The van der Waals surface area contributed by atoms with E-state index in [0.29, 0.717) is 13.0 Å². The van der Waals surface area contributed by atoms with Gasteiger partial charge in [-0.1, -0.05) is 41.4 Å². The Bertz CT molecular complexity index is 518. The van der Waals surface area contributed by atoms with Gasteiger partial charge < -0.3 is 4.90 Å². The van der Waals surface area contributed by atoms with Crippen LogP contribution < -0.4 is 0 Å². The maximum atomic E-state index is 12.0. The van der Waals surface area contributed by atoms with Gasteiger partial charge in [0, 0.05) is 43.7 Å². The summed E-state index contributed by atoms with van der Waals surface area (Å²) in [6, 6.07) is 6.02. The van der Waals surface area contributed by atoms with Gasteiger partial charge in [-0.3, -0.25) is 4.79 Å². The zero-order chi connectivity index (χ0) is 13.3. The van der Waals surface area contributed by atoms with Gasteiger partial charge in [-0.25, -0.2) is 6.08 Å². The first-order chi connectivity index (χ1) is 8.54. The quantitative estimate of drug-likeness (QED) is 0.531. The molecule has 5 heteroatoms. The number of alkyl halides is 1. The average molecular weight is 417 g/mol. The van der Waals surface area contributed by atoms with Gasteiger partial charge in [0.1, 0.15) is 5.38 Å². The van der Waals surface area contributed by atoms with E-state index in [9.17, 15) is 4.79 Å². The summed E-state index contributed by atoms with van der Waals surface area (Å²) in [5.41, 5.74) is 3.01. The molecule has 19 heavy (non-hydrogen) atoms. The maximum Gasteiger partial charge on any atom is 0.241 e. The topological polar surface area (TPSA) is 20.3 Å². The molecule has 0 saturated carbocycles. The smallest absolute Gasteiger partial charge is 0.241 e. The van der Waals surface area contributed by atoms with Crippen LogP contribution in [0.15, 0.2) is 22.7 Å². The number of carbonyl (C=O) groups is 1. The Labute approximate surface area is 152 Å². The van der Waals surface area contributed by atoms with Crippen LogP contribution in [0.5, 0.6) is 0 Å². The Morgan fingerprint density at radius 2 is 2.21 bits per heavy atom. The average Bonchev–Trinajstić information content (AvgIpc) is 2.33. The van der Waals surface area contributed by atoms with Gasteiger partial charge in [-0.15, -0.1) is 34.5 Å². The number of aryl methyl sites for hydroxylation is 1. The summed E-state index contributed by atoms with van der Waals surface area (Å²) in [5, 5.41) is -0.482. The van der Waals surface area contributed by atoms with Crippen molar-refractivity contribution in [2.24, 2.45) is 0 Å². The second-order valence-electron chi connectivity index (χ2n) is 4.24. The summed E-state index contributed by atoms with van der Waals surface area (Å²) < 4.78 is 1.03. The number of rotatable bonds is 2. The van der Waals surface area contributed by atoms with Gasteiger partial charge >= 0.3 is 0 Å². The summed E-state index contributed by atoms with van der Waals surface area (Å²) >= 11 is 9.43. The van der Waals surface area contributed by atoms with Crippen molar-refractivity contribution in [2.45, 2.75) is 25.6 Å². The SMILES string of the molecule is CCN1C(=O)C(Cl)C[C-]=C1c1ccc(Br)cc1C.[Y]. The van der Waals surface area contributed by atoms with Crippen LogP contribution in [0.1, 0.15) is 24.5 Å². The van der Waals surface area contributed by atoms with Crippen LogP contribution in [0.25, 0.3) is 5.70 Å². The maximum absolute atomic E-state index is 12.0. The van der Waals surface area contributed by atoms with Crippen LogP contribution in [-0.4, -0.2) is 22.7 Å². The standard InChI is InChI=1S/C14H14BrClNO.Y/c1-3-17-13(7-6-12(16)14(17)18)11-5-4-10(15)8-9(11)2;/h4-5,8,12H,3,6H2,1-2H3;/q-1;. The molecular formula is C14H14BrClNOY-. The molecule has 0 N–H and O–H groups in total. The predicted octanol–water partition coefficient (Wildman–Crippen LogP) is 3.76. The number of benzene rings is 1. The van der Waals surface area contributed by atoms with Crippen molar-refractivity contribution in [3.05, 3.63) is 39.9 Å². The Morgan fingerprint density at radius 3 is 2.79 bits per heavy atom. The molecule has 1 aliphatic heterocycles. The second-order valence-corrected chi connectivity index (χ2v) is 5.68. The monoisotopic (exact) mass is 415 g/mol. The summed E-state index contributed by atoms with van der Waals surface area (Å²) in [6.45, 7) is 4.59. The molecule has 1 aromatic rings. The Morgan fingerprint density at radius 1 is 1.53 bits per heavy atom. The molecule has 0 fully saturated rings. The molecule has 1 heterocycles. The third-order valence-electron chi connectivity index (χ3n) is 3.01. The van der Waals surface area contributed by atoms with Gasteiger partial charge in [0.25, 0.3) is 0 Å². The molecule has 1 aliphatic rings. The molecule has 0 aliphatic carbocycles. The van der Waals surface area contributed by atoms with E-state index in [0.717, 1.165) is 21.3 Å². The third-order valence-corrected chi connectivity index (χ3v) is 3.85. The molecule has 2 rings (SSSR count). The van der Waals surface area contributed by atoms with Crippen molar-refractivity contribution in [3.8, 4) is 0 Å². The van der Waals surface area contributed by atoms with E-state index < -0.39 is 5.38 Å². The Balaban J connectivity index is 0.00000180. The van der Waals surface area contributed by atoms with E-state index in [1.807, 2.05) is 32.0 Å². The first-order valence-corrected chi connectivity index (χ1v) is 7.10. The van der Waals surface area contributed by atoms with E-state index in [1.54, 1.807) is 4.90 Å². The van der Waals surface area contributed by atoms with E-state index >= 15 is 0 Å². The molecule has 1 radical (unpaired) electrons. The summed E-state index contributed by atoms with van der Waals surface area (Å²) in [7, 11) is 0.